The molecule has 0 unspecified atom stereocenters. The smallest absolute Gasteiger partial charge is 0.321 e. The van der Waals surface area contributed by atoms with Crippen molar-refractivity contribution in [3.05, 3.63) is 24.3 Å². The quantitative estimate of drug-likeness (QED) is 0.866. The summed E-state index contributed by atoms with van der Waals surface area (Å²) in [7, 11) is 0. The fraction of sp³-hybridized carbons (Fsp3) is 0.385. The highest BCUT2D eigenvalue weighted by atomic mass is 16.5. The van der Waals surface area contributed by atoms with Gasteiger partial charge in [-0.25, -0.2) is 4.79 Å². The number of rotatable bonds is 4. The molecule has 1 heterocycles. The topological polar surface area (TPSA) is 78.9 Å². The summed E-state index contributed by atoms with van der Waals surface area (Å²) in [6.07, 6.45) is 0. The van der Waals surface area contributed by atoms with Crippen LogP contribution in [0, 0.1) is 5.92 Å². The van der Waals surface area contributed by atoms with Crippen LogP contribution in [0.25, 0.3) is 0 Å². The van der Waals surface area contributed by atoms with Crippen LogP contribution in [-0.2, 0) is 4.79 Å². The van der Waals surface area contributed by atoms with E-state index in [1.807, 2.05) is 13.0 Å². The predicted octanol–water partition coefficient (Wildman–Crippen LogP) is 1.63. The van der Waals surface area contributed by atoms with Gasteiger partial charge in [0.2, 0.25) is 0 Å². The van der Waals surface area contributed by atoms with Gasteiger partial charge in [0.15, 0.2) is 0 Å². The second-order valence-electron chi connectivity index (χ2n) is 4.30. The van der Waals surface area contributed by atoms with Gasteiger partial charge in [0.05, 0.1) is 18.2 Å². The molecule has 0 spiro atoms. The lowest BCUT2D eigenvalue weighted by molar-refractivity contribution is -0.145. The predicted molar refractivity (Wildman–Crippen MR) is 69.3 cm³/mol. The van der Waals surface area contributed by atoms with Gasteiger partial charge >= 0.3 is 12.0 Å². The molecule has 0 saturated carbocycles. The van der Waals surface area contributed by atoms with Gasteiger partial charge in [0, 0.05) is 13.1 Å². The number of carbonyl (C=O) groups is 2. The maximum atomic E-state index is 11.9. The number of ether oxygens (including phenoxy) is 1. The van der Waals surface area contributed by atoms with Crippen LogP contribution in [0.1, 0.15) is 6.92 Å². The van der Waals surface area contributed by atoms with Crippen molar-refractivity contribution in [3.8, 4) is 5.75 Å². The number of amides is 2. The van der Waals surface area contributed by atoms with Crippen molar-refractivity contribution in [3.63, 3.8) is 0 Å². The van der Waals surface area contributed by atoms with Crippen LogP contribution < -0.4 is 10.1 Å². The lowest BCUT2D eigenvalue weighted by Crippen LogP contribution is -2.54. The van der Waals surface area contributed by atoms with E-state index in [-0.39, 0.29) is 19.1 Å². The highest BCUT2D eigenvalue weighted by Gasteiger charge is 2.35. The number of benzene rings is 1. The molecule has 1 aromatic carbocycles. The van der Waals surface area contributed by atoms with Crippen LogP contribution >= 0.6 is 0 Å². The molecule has 6 heteroatoms. The molecule has 0 bridgehead atoms. The summed E-state index contributed by atoms with van der Waals surface area (Å²) in [4.78, 5) is 24.0. The fourth-order valence-corrected chi connectivity index (χ4v) is 1.85. The summed E-state index contributed by atoms with van der Waals surface area (Å²) in [6, 6.07) is 6.84. The third kappa shape index (κ3) is 2.96. The summed E-state index contributed by atoms with van der Waals surface area (Å²) in [5.41, 5.74) is 0.591. The fourth-order valence-electron chi connectivity index (χ4n) is 1.85. The van der Waals surface area contributed by atoms with Crippen LogP contribution in [0.2, 0.25) is 0 Å². The Kier molecular flexibility index (Phi) is 3.89. The highest BCUT2D eigenvalue weighted by Crippen LogP contribution is 2.25. The summed E-state index contributed by atoms with van der Waals surface area (Å²) in [5, 5.41) is 11.5. The Hall–Kier alpha value is -2.24. The van der Waals surface area contributed by atoms with Crippen LogP contribution in [-0.4, -0.2) is 41.7 Å². The molecule has 0 aromatic heterocycles. The Bertz CT molecular complexity index is 483. The first kappa shape index (κ1) is 13.2. The Morgan fingerprint density at radius 2 is 2.11 bits per heavy atom. The van der Waals surface area contributed by atoms with Crippen LogP contribution in [0.15, 0.2) is 24.3 Å². The van der Waals surface area contributed by atoms with Crippen molar-refractivity contribution < 1.29 is 19.4 Å². The number of urea groups is 1. The number of nitrogens with one attached hydrogen (secondary N) is 1. The molecule has 2 rings (SSSR count). The number of carboxylic acids is 1. The van der Waals surface area contributed by atoms with E-state index < -0.39 is 11.9 Å². The van der Waals surface area contributed by atoms with E-state index in [0.29, 0.717) is 18.0 Å². The first-order chi connectivity index (χ1) is 9.11. The largest absolute Gasteiger partial charge is 0.492 e. The molecule has 102 valence electrons. The average Bonchev–Trinajstić information content (AvgIpc) is 2.29. The Morgan fingerprint density at radius 1 is 1.42 bits per heavy atom. The van der Waals surface area contributed by atoms with E-state index in [2.05, 4.69) is 5.32 Å². The van der Waals surface area contributed by atoms with Gasteiger partial charge in [-0.1, -0.05) is 12.1 Å². The zero-order chi connectivity index (χ0) is 13.8. The van der Waals surface area contributed by atoms with Crippen LogP contribution in [0.4, 0.5) is 10.5 Å². The lowest BCUT2D eigenvalue weighted by Gasteiger charge is -2.36. The third-order valence-electron chi connectivity index (χ3n) is 2.95. The number of para-hydroxylation sites is 2. The van der Waals surface area contributed by atoms with Crippen molar-refractivity contribution in [1.82, 2.24) is 4.90 Å². The minimum Gasteiger partial charge on any atom is -0.492 e. The van der Waals surface area contributed by atoms with E-state index >= 15 is 0 Å². The monoisotopic (exact) mass is 264 g/mol. The van der Waals surface area contributed by atoms with Gasteiger partial charge < -0.3 is 20.1 Å². The number of aliphatic carboxylic acids is 1. The summed E-state index contributed by atoms with van der Waals surface area (Å²) in [5.74, 6) is -0.708. The van der Waals surface area contributed by atoms with Crippen molar-refractivity contribution >= 4 is 17.7 Å². The molecule has 0 radical (unpaired) electrons. The molecular weight excluding hydrogens is 248 g/mol. The molecule has 1 fully saturated rings. The summed E-state index contributed by atoms with van der Waals surface area (Å²) >= 11 is 0. The molecule has 6 nitrogen and oxygen atoms in total. The summed E-state index contributed by atoms with van der Waals surface area (Å²) in [6.45, 7) is 2.87. The third-order valence-corrected chi connectivity index (χ3v) is 2.95. The first-order valence-electron chi connectivity index (χ1n) is 6.12. The van der Waals surface area contributed by atoms with Crippen molar-refractivity contribution in [1.29, 1.82) is 0 Å². The van der Waals surface area contributed by atoms with Gasteiger partial charge in [0.25, 0.3) is 0 Å². The minimum absolute atomic E-state index is 0.248. The minimum atomic E-state index is -0.862. The van der Waals surface area contributed by atoms with Gasteiger partial charge in [-0.2, -0.15) is 0 Å². The van der Waals surface area contributed by atoms with Gasteiger partial charge in [-0.05, 0) is 19.1 Å². The molecule has 1 aromatic rings. The van der Waals surface area contributed by atoms with Gasteiger partial charge in [-0.3, -0.25) is 4.79 Å². The first-order valence-corrected chi connectivity index (χ1v) is 6.12. The van der Waals surface area contributed by atoms with E-state index in [9.17, 15) is 9.59 Å². The number of hydrogen-bond donors (Lipinski definition) is 2. The zero-order valence-electron chi connectivity index (χ0n) is 10.6. The number of likely N-dealkylation sites (tertiary alicyclic amines) is 1. The highest BCUT2D eigenvalue weighted by molar-refractivity contribution is 5.92. The average molecular weight is 264 g/mol. The molecule has 1 aliphatic heterocycles. The molecule has 1 saturated heterocycles. The second-order valence-corrected chi connectivity index (χ2v) is 4.30. The Labute approximate surface area is 111 Å². The van der Waals surface area contributed by atoms with Crippen molar-refractivity contribution in [2.75, 3.05) is 25.0 Å². The van der Waals surface area contributed by atoms with Crippen LogP contribution in [0.3, 0.4) is 0 Å². The number of carboxylic acid groups (broad SMARTS) is 1. The van der Waals surface area contributed by atoms with E-state index in [4.69, 9.17) is 9.84 Å². The molecular formula is C13H16N2O4. The lowest BCUT2D eigenvalue weighted by atomic mass is 10.0. The zero-order valence-corrected chi connectivity index (χ0v) is 10.6. The Morgan fingerprint density at radius 3 is 2.74 bits per heavy atom. The van der Waals surface area contributed by atoms with E-state index in [1.165, 1.54) is 4.90 Å². The number of hydrogen-bond acceptors (Lipinski definition) is 3. The molecule has 2 amide bonds. The van der Waals surface area contributed by atoms with Crippen molar-refractivity contribution in [2.24, 2.45) is 5.92 Å². The molecule has 19 heavy (non-hydrogen) atoms. The van der Waals surface area contributed by atoms with Crippen molar-refractivity contribution in [2.45, 2.75) is 6.92 Å². The Balaban J connectivity index is 1.95. The van der Waals surface area contributed by atoms with E-state index in [1.54, 1.807) is 18.2 Å². The SMILES string of the molecule is CCOc1ccccc1NC(=O)N1CC(C(=O)O)C1. The molecule has 0 atom stereocenters. The summed E-state index contributed by atoms with van der Waals surface area (Å²) < 4.78 is 5.40. The van der Waals surface area contributed by atoms with Gasteiger partial charge in [0.1, 0.15) is 5.75 Å². The molecule has 0 aliphatic carbocycles. The van der Waals surface area contributed by atoms with Crippen LogP contribution in [0.5, 0.6) is 5.75 Å². The number of nitrogens with zero attached hydrogens (tertiary/aromatic N) is 1. The number of carbonyl (C=O) groups excluding carboxylic acids is 1. The standard InChI is InChI=1S/C13H16N2O4/c1-2-19-11-6-4-3-5-10(11)14-13(18)15-7-9(8-15)12(16)17/h3-6,9H,2,7-8H2,1H3,(H,14,18)(H,16,17). The molecule has 2 N–H and O–H groups in total. The number of anilines is 1. The maximum Gasteiger partial charge on any atom is 0.321 e. The van der Waals surface area contributed by atoms with Gasteiger partial charge in [-0.15, -0.1) is 0 Å². The molecule has 1 aliphatic rings. The normalized spacial score (nSPS) is 14.7. The van der Waals surface area contributed by atoms with E-state index in [0.717, 1.165) is 0 Å². The second kappa shape index (κ2) is 5.60. The maximum absolute atomic E-state index is 11.9.